The summed E-state index contributed by atoms with van der Waals surface area (Å²) >= 11 is 0. The number of Topliss-reactive ketones (excluding diaryl/α,β-unsaturated/α-hetero) is 1. The Bertz CT molecular complexity index is 1050. The van der Waals surface area contributed by atoms with Gasteiger partial charge < -0.3 is 19.3 Å². The van der Waals surface area contributed by atoms with Crippen molar-refractivity contribution in [2.45, 2.75) is 6.92 Å². The normalized spacial score (nSPS) is 12.5. The average molecular weight is 417 g/mol. The van der Waals surface area contributed by atoms with Crippen molar-refractivity contribution in [3.05, 3.63) is 71.6 Å². The number of fused-ring (bicyclic) bond motifs is 1. The first kappa shape index (κ1) is 21.7. The highest BCUT2D eigenvalue weighted by molar-refractivity contribution is 6.04. The SMILES string of the molecule is CCOc1ccc(/C=C/C(=O)OCC(=O)C(C#N)=C2N(C)c3ccccc3N2C)cc1. The number of nitriles is 1. The van der Waals surface area contributed by atoms with E-state index in [1.54, 1.807) is 42.1 Å². The third-order valence-corrected chi connectivity index (χ3v) is 4.80. The topological polar surface area (TPSA) is 82.9 Å². The van der Waals surface area contributed by atoms with Crippen LogP contribution in [0.3, 0.4) is 0 Å². The van der Waals surface area contributed by atoms with E-state index in [1.165, 1.54) is 6.08 Å². The molecule has 0 atom stereocenters. The summed E-state index contributed by atoms with van der Waals surface area (Å²) in [6.45, 7) is 1.96. The molecule has 7 nitrogen and oxygen atoms in total. The molecule has 0 fully saturated rings. The van der Waals surface area contributed by atoms with Crippen molar-refractivity contribution in [3.63, 3.8) is 0 Å². The number of hydrogen-bond acceptors (Lipinski definition) is 7. The molecular formula is C24H23N3O4. The van der Waals surface area contributed by atoms with Gasteiger partial charge in [-0.15, -0.1) is 0 Å². The van der Waals surface area contributed by atoms with Gasteiger partial charge in [0.1, 0.15) is 23.2 Å². The number of carbonyl (C=O) groups excluding carboxylic acids is 2. The van der Waals surface area contributed by atoms with Gasteiger partial charge in [0, 0.05) is 20.2 Å². The molecule has 3 rings (SSSR count). The third-order valence-electron chi connectivity index (χ3n) is 4.80. The maximum absolute atomic E-state index is 12.6. The van der Waals surface area contributed by atoms with Crippen LogP contribution in [0.25, 0.3) is 6.08 Å². The molecule has 1 heterocycles. The molecule has 0 saturated heterocycles. The van der Waals surface area contributed by atoms with Gasteiger partial charge in [0.05, 0.1) is 18.0 Å². The lowest BCUT2D eigenvalue weighted by atomic mass is 10.2. The van der Waals surface area contributed by atoms with E-state index in [2.05, 4.69) is 0 Å². The molecule has 0 saturated carbocycles. The Kier molecular flexibility index (Phi) is 6.73. The standard InChI is InChI=1S/C24H23N3O4/c1-4-30-18-12-9-17(10-13-18)11-14-23(29)31-16-22(28)19(15-25)24-26(2)20-7-5-6-8-21(20)27(24)3/h5-14H,4,16H2,1-3H3/b14-11+. The molecule has 0 aromatic heterocycles. The summed E-state index contributed by atoms with van der Waals surface area (Å²) in [5.41, 5.74) is 2.50. The number of benzene rings is 2. The number of anilines is 2. The first-order chi connectivity index (χ1) is 15.0. The lowest BCUT2D eigenvalue weighted by Crippen LogP contribution is -2.27. The Hall–Kier alpha value is -4.05. The number of esters is 1. The predicted octanol–water partition coefficient (Wildman–Crippen LogP) is 3.53. The highest BCUT2D eigenvalue weighted by atomic mass is 16.5. The van der Waals surface area contributed by atoms with Crippen molar-refractivity contribution < 1.29 is 19.1 Å². The van der Waals surface area contributed by atoms with Gasteiger partial charge >= 0.3 is 5.97 Å². The Labute approximate surface area is 181 Å². The van der Waals surface area contributed by atoms with E-state index in [1.807, 2.05) is 49.4 Å². The summed E-state index contributed by atoms with van der Waals surface area (Å²) in [6, 6.07) is 16.8. The van der Waals surface area contributed by atoms with Crippen molar-refractivity contribution in [3.8, 4) is 11.8 Å². The fourth-order valence-corrected chi connectivity index (χ4v) is 3.32. The predicted molar refractivity (Wildman–Crippen MR) is 118 cm³/mol. The molecule has 2 aromatic carbocycles. The van der Waals surface area contributed by atoms with E-state index in [0.717, 1.165) is 22.7 Å². The van der Waals surface area contributed by atoms with Crippen molar-refractivity contribution in [1.82, 2.24) is 0 Å². The quantitative estimate of drug-likeness (QED) is 0.387. The van der Waals surface area contributed by atoms with E-state index in [9.17, 15) is 14.9 Å². The first-order valence-corrected chi connectivity index (χ1v) is 9.78. The van der Waals surface area contributed by atoms with Crippen LogP contribution in [0.2, 0.25) is 0 Å². The van der Waals surface area contributed by atoms with Crippen LogP contribution >= 0.6 is 0 Å². The maximum Gasteiger partial charge on any atom is 0.331 e. The van der Waals surface area contributed by atoms with Crippen LogP contribution in [0.15, 0.2) is 66.0 Å². The van der Waals surface area contributed by atoms with Gasteiger partial charge in [-0.2, -0.15) is 5.26 Å². The molecule has 0 radical (unpaired) electrons. The van der Waals surface area contributed by atoms with Crippen LogP contribution in [-0.2, 0) is 14.3 Å². The zero-order valence-electron chi connectivity index (χ0n) is 17.7. The number of para-hydroxylation sites is 2. The van der Waals surface area contributed by atoms with Gasteiger partial charge in [-0.25, -0.2) is 4.79 Å². The minimum absolute atomic E-state index is 0.0653. The Morgan fingerprint density at radius 2 is 1.65 bits per heavy atom. The third kappa shape index (κ3) is 4.75. The largest absolute Gasteiger partial charge is 0.494 e. The van der Waals surface area contributed by atoms with Crippen molar-refractivity contribution in [1.29, 1.82) is 5.26 Å². The molecule has 1 aliphatic heterocycles. The summed E-state index contributed by atoms with van der Waals surface area (Å²) in [5.74, 6) is -0.0312. The Morgan fingerprint density at radius 3 is 2.19 bits per heavy atom. The molecule has 0 aliphatic carbocycles. The second kappa shape index (κ2) is 9.63. The minimum Gasteiger partial charge on any atom is -0.494 e. The Morgan fingerprint density at radius 1 is 1.03 bits per heavy atom. The average Bonchev–Trinajstić information content (AvgIpc) is 3.03. The van der Waals surface area contributed by atoms with Gasteiger partial charge in [-0.05, 0) is 42.8 Å². The number of nitrogens with zero attached hydrogens (tertiary/aromatic N) is 3. The van der Waals surface area contributed by atoms with Gasteiger partial charge in [0.25, 0.3) is 0 Å². The number of ether oxygens (including phenoxy) is 2. The second-order valence-corrected chi connectivity index (χ2v) is 6.78. The summed E-state index contributed by atoms with van der Waals surface area (Å²) in [4.78, 5) is 28.2. The molecule has 31 heavy (non-hydrogen) atoms. The van der Waals surface area contributed by atoms with Gasteiger partial charge in [-0.1, -0.05) is 24.3 Å². The fraction of sp³-hybridized carbons (Fsp3) is 0.208. The number of carbonyl (C=O) groups is 2. The van der Waals surface area contributed by atoms with Crippen LogP contribution < -0.4 is 14.5 Å². The lowest BCUT2D eigenvalue weighted by molar-refractivity contribution is -0.141. The molecular weight excluding hydrogens is 394 g/mol. The van der Waals surface area contributed by atoms with E-state index >= 15 is 0 Å². The van der Waals surface area contributed by atoms with Crippen LogP contribution in [0.1, 0.15) is 12.5 Å². The first-order valence-electron chi connectivity index (χ1n) is 9.78. The molecule has 2 aromatic rings. The van der Waals surface area contributed by atoms with Crippen molar-refractivity contribution in [2.24, 2.45) is 0 Å². The summed E-state index contributed by atoms with van der Waals surface area (Å²) in [5, 5.41) is 9.60. The second-order valence-electron chi connectivity index (χ2n) is 6.78. The monoisotopic (exact) mass is 417 g/mol. The number of hydrogen-bond donors (Lipinski definition) is 0. The zero-order valence-corrected chi connectivity index (χ0v) is 17.7. The van der Waals surface area contributed by atoms with Gasteiger partial charge in [0.15, 0.2) is 6.61 Å². The van der Waals surface area contributed by atoms with Gasteiger partial charge in [0.2, 0.25) is 5.78 Å². The van der Waals surface area contributed by atoms with Crippen LogP contribution in [0.5, 0.6) is 5.75 Å². The molecule has 0 N–H and O–H groups in total. The van der Waals surface area contributed by atoms with E-state index < -0.39 is 18.4 Å². The number of rotatable bonds is 7. The lowest BCUT2D eigenvalue weighted by Gasteiger charge is -2.19. The molecule has 1 aliphatic rings. The molecule has 0 bridgehead atoms. The zero-order chi connectivity index (χ0) is 22.4. The Balaban J connectivity index is 1.65. The van der Waals surface area contributed by atoms with Crippen LogP contribution in [0.4, 0.5) is 11.4 Å². The molecule has 7 heteroatoms. The number of ketones is 1. The van der Waals surface area contributed by atoms with Crippen molar-refractivity contribution in [2.75, 3.05) is 37.1 Å². The van der Waals surface area contributed by atoms with E-state index in [4.69, 9.17) is 9.47 Å². The molecule has 0 amide bonds. The summed E-state index contributed by atoms with van der Waals surface area (Å²) < 4.78 is 10.4. The van der Waals surface area contributed by atoms with Gasteiger partial charge in [-0.3, -0.25) is 4.79 Å². The molecule has 0 unspecified atom stereocenters. The summed E-state index contributed by atoms with van der Waals surface area (Å²) in [6.07, 6.45) is 2.83. The maximum atomic E-state index is 12.6. The van der Waals surface area contributed by atoms with E-state index in [-0.39, 0.29) is 5.57 Å². The highest BCUT2D eigenvalue weighted by Gasteiger charge is 2.31. The highest BCUT2D eigenvalue weighted by Crippen LogP contribution is 2.40. The van der Waals surface area contributed by atoms with E-state index in [0.29, 0.717) is 12.4 Å². The van der Waals surface area contributed by atoms with Crippen LogP contribution in [-0.4, -0.2) is 39.1 Å². The molecule has 158 valence electrons. The summed E-state index contributed by atoms with van der Waals surface area (Å²) in [7, 11) is 3.57. The fourth-order valence-electron chi connectivity index (χ4n) is 3.32. The minimum atomic E-state index is -0.666. The van der Waals surface area contributed by atoms with Crippen LogP contribution in [0, 0.1) is 11.3 Å². The van der Waals surface area contributed by atoms with Crippen molar-refractivity contribution >= 4 is 29.2 Å². The molecule has 0 spiro atoms. The smallest absolute Gasteiger partial charge is 0.331 e.